The molecule has 0 amide bonds. The second kappa shape index (κ2) is 6.53. The van der Waals surface area contributed by atoms with Crippen LogP contribution in [0.15, 0.2) is 29.4 Å². The van der Waals surface area contributed by atoms with Gasteiger partial charge in [0.2, 0.25) is 15.0 Å². The van der Waals surface area contributed by atoms with Crippen molar-refractivity contribution in [3.63, 3.8) is 0 Å². The molecule has 25 heavy (non-hydrogen) atoms. The number of hydrogen-bond donors (Lipinski definition) is 1. The second-order valence-electron chi connectivity index (χ2n) is 7.75. The van der Waals surface area contributed by atoms with Gasteiger partial charge in [-0.1, -0.05) is 45.0 Å². The molecule has 1 unspecified atom stereocenters. The maximum absolute atomic E-state index is 12.8. The molecule has 1 N–H and O–H groups in total. The molecule has 1 aliphatic rings. The first-order valence-corrected chi connectivity index (χ1v) is 10.3. The summed E-state index contributed by atoms with van der Waals surface area (Å²) in [6.45, 7) is 7.34. The summed E-state index contributed by atoms with van der Waals surface area (Å²) in [7, 11) is -1.81. The van der Waals surface area contributed by atoms with E-state index in [-0.39, 0.29) is 22.4 Å². The molecule has 0 bridgehead atoms. The summed E-state index contributed by atoms with van der Waals surface area (Å²) in [5.41, 5.74) is 1.99. The fourth-order valence-corrected chi connectivity index (χ4v) is 4.63. The number of sulfone groups is 1. The van der Waals surface area contributed by atoms with Crippen LogP contribution in [0.4, 0.5) is 0 Å². The third kappa shape index (κ3) is 3.77. The lowest BCUT2D eigenvalue weighted by atomic mass is 9.87. The van der Waals surface area contributed by atoms with E-state index in [1.165, 1.54) is 5.56 Å². The van der Waals surface area contributed by atoms with Crippen LogP contribution in [0.5, 0.6) is 0 Å². The van der Waals surface area contributed by atoms with E-state index in [1.807, 2.05) is 24.3 Å². The highest BCUT2D eigenvalue weighted by molar-refractivity contribution is 7.90. The Hall–Kier alpha value is -1.73. The monoisotopic (exact) mass is 362 g/mol. The molecule has 0 aliphatic carbocycles. The highest BCUT2D eigenvalue weighted by Crippen LogP contribution is 2.25. The standard InChI is InChI=1S/C18H26N4O2S/c1-18(2,3)14-9-7-13(8-10-14)12-25(23,24)17-21-20-16(22(17)4)15-6-5-11-19-15/h7-10,15,19H,5-6,11-12H2,1-4H3. The van der Waals surface area contributed by atoms with E-state index in [2.05, 4.69) is 36.3 Å². The Bertz CT molecular complexity index is 842. The topological polar surface area (TPSA) is 76.9 Å². The van der Waals surface area contributed by atoms with Gasteiger partial charge in [-0.05, 0) is 35.9 Å². The quantitative estimate of drug-likeness (QED) is 0.904. The number of aromatic nitrogens is 3. The van der Waals surface area contributed by atoms with E-state index in [0.29, 0.717) is 5.82 Å². The van der Waals surface area contributed by atoms with Gasteiger partial charge in [0, 0.05) is 7.05 Å². The zero-order chi connectivity index (χ0) is 18.2. The van der Waals surface area contributed by atoms with Crippen molar-refractivity contribution in [1.82, 2.24) is 20.1 Å². The van der Waals surface area contributed by atoms with Crippen molar-refractivity contribution in [3.05, 3.63) is 41.2 Å². The molecule has 3 rings (SSSR count). The number of hydrogen-bond acceptors (Lipinski definition) is 5. The van der Waals surface area contributed by atoms with Crippen LogP contribution in [0.1, 0.15) is 56.6 Å². The number of benzene rings is 1. The highest BCUT2D eigenvalue weighted by Gasteiger charge is 2.28. The van der Waals surface area contributed by atoms with Gasteiger partial charge in [0.1, 0.15) is 0 Å². The van der Waals surface area contributed by atoms with Crippen molar-refractivity contribution in [2.45, 2.75) is 56.0 Å². The molecule has 0 radical (unpaired) electrons. The molecule has 1 aromatic carbocycles. The summed E-state index contributed by atoms with van der Waals surface area (Å²) in [4.78, 5) is 0. The van der Waals surface area contributed by atoms with Gasteiger partial charge in [-0.2, -0.15) is 0 Å². The zero-order valence-corrected chi connectivity index (χ0v) is 16.1. The summed E-state index contributed by atoms with van der Waals surface area (Å²) >= 11 is 0. The predicted molar refractivity (Wildman–Crippen MR) is 97.0 cm³/mol. The zero-order valence-electron chi connectivity index (χ0n) is 15.3. The number of nitrogens with one attached hydrogen (secondary N) is 1. The van der Waals surface area contributed by atoms with Crippen LogP contribution in [-0.4, -0.2) is 29.7 Å². The lowest BCUT2D eigenvalue weighted by molar-refractivity contribution is 0.552. The molecule has 6 nitrogen and oxygen atoms in total. The Labute approximate surface area is 149 Å². The average molecular weight is 362 g/mol. The Kier molecular flexibility index (Phi) is 4.72. The minimum absolute atomic E-state index is 0.0381. The van der Waals surface area contributed by atoms with Crippen molar-refractivity contribution >= 4 is 9.84 Å². The minimum atomic E-state index is -3.54. The molecule has 1 fully saturated rings. The molecular formula is C18H26N4O2S. The molecule has 1 aliphatic heterocycles. The van der Waals surface area contributed by atoms with E-state index >= 15 is 0 Å². The summed E-state index contributed by atoms with van der Waals surface area (Å²) in [6, 6.07) is 7.85. The van der Waals surface area contributed by atoms with Crippen molar-refractivity contribution in [2.24, 2.45) is 7.05 Å². The Morgan fingerprint density at radius 3 is 2.44 bits per heavy atom. The highest BCUT2D eigenvalue weighted by atomic mass is 32.2. The van der Waals surface area contributed by atoms with Gasteiger partial charge < -0.3 is 9.88 Å². The van der Waals surface area contributed by atoms with Gasteiger partial charge in [-0.15, -0.1) is 10.2 Å². The molecule has 136 valence electrons. The largest absolute Gasteiger partial charge is 0.307 e. The van der Waals surface area contributed by atoms with Crippen LogP contribution in [0.2, 0.25) is 0 Å². The Balaban J connectivity index is 1.82. The lowest BCUT2D eigenvalue weighted by Gasteiger charge is -2.19. The SMILES string of the molecule is Cn1c(C2CCCN2)nnc1S(=O)(=O)Cc1ccc(C(C)(C)C)cc1. The molecule has 0 spiro atoms. The average Bonchev–Trinajstić information content (AvgIpc) is 3.15. The Morgan fingerprint density at radius 2 is 1.88 bits per heavy atom. The van der Waals surface area contributed by atoms with E-state index in [4.69, 9.17) is 0 Å². The predicted octanol–water partition coefficient (Wildman–Crippen LogP) is 2.51. The maximum Gasteiger partial charge on any atom is 0.249 e. The molecule has 2 aromatic rings. The fourth-order valence-electron chi connectivity index (χ4n) is 3.19. The van der Waals surface area contributed by atoms with Gasteiger partial charge >= 0.3 is 0 Å². The molecule has 0 saturated carbocycles. The smallest absolute Gasteiger partial charge is 0.249 e. The first-order chi connectivity index (χ1) is 11.7. The van der Waals surface area contributed by atoms with Gasteiger partial charge in [0.15, 0.2) is 5.82 Å². The number of rotatable bonds is 4. The van der Waals surface area contributed by atoms with Crippen molar-refractivity contribution in [2.75, 3.05) is 6.54 Å². The van der Waals surface area contributed by atoms with Crippen LogP contribution in [0, 0.1) is 0 Å². The van der Waals surface area contributed by atoms with E-state index in [9.17, 15) is 8.42 Å². The summed E-state index contributed by atoms with van der Waals surface area (Å²) in [6.07, 6.45) is 2.03. The number of nitrogens with zero attached hydrogens (tertiary/aromatic N) is 3. The van der Waals surface area contributed by atoms with Crippen LogP contribution in [0.3, 0.4) is 0 Å². The van der Waals surface area contributed by atoms with Gasteiger partial charge in [0.25, 0.3) is 0 Å². The van der Waals surface area contributed by atoms with E-state index in [1.54, 1.807) is 11.6 Å². The lowest BCUT2D eigenvalue weighted by Crippen LogP contribution is -2.18. The van der Waals surface area contributed by atoms with Crippen LogP contribution < -0.4 is 5.32 Å². The van der Waals surface area contributed by atoms with E-state index in [0.717, 1.165) is 24.9 Å². The van der Waals surface area contributed by atoms with Crippen LogP contribution >= 0.6 is 0 Å². The van der Waals surface area contributed by atoms with Crippen LogP contribution in [-0.2, 0) is 28.1 Å². The molecule has 7 heteroatoms. The summed E-state index contributed by atoms with van der Waals surface area (Å²) < 4.78 is 27.2. The molecule has 2 heterocycles. The van der Waals surface area contributed by atoms with Crippen LogP contribution in [0.25, 0.3) is 0 Å². The van der Waals surface area contributed by atoms with E-state index < -0.39 is 9.84 Å². The van der Waals surface area contributed by atoms with Crippen molar-refractivity contribution < 1.29 is 8.42 Å². The van der Waals surface area contributed by atoms with Gasteiger partial charge in [-0.25, -0.2) is 8.42 Å². The Morgan fingerprint density at radius 1 is 1.20 bits per heavy atom. The fraction of sp³-hybridized carbons (Fsp3) is 0.556. The molecular weight excluding hydrogens is 336 g/mol. The van der Waals surface area contributed by atoms with Gasteiger partial charge in [-0.3, -0.25) is 0 Å². The summed E-state index contributed by atoms with van der Waals surface area (Å²) in [5.74, 6) is 0.626. The maximum atomic E-state index is 12.8. The second-order valence-corrected chi connectivity index (χ2v) is 9.64. The first kappa shape index (κ1) is 18.1. The molecule has 1 saturated heterocycles. The normalized spacial score (nSPS) is 18.6. The molecule has 1 atom stereocenters. The van der Waals surface area contributed by atoms with Crippen molar-refractivity contribution in [1.29, 1.82) is 0 Å². The molecule has 1 aromatic heterocycles. The minimum Gasteiger partial charge on any atom is -0.307 e. The van der Waals surface area contributed by atoms with Crippen molar-refractivity contribution in [3.8, 4) is 0 Å². The first-order valence-electron chi connectivity index (χ1n) is 8.63. The third-order valence-corrected chi connectivity index (χ3v) is 6.32. The third-order valence-electron chi connectivity index (χ3n) is 4.70. The summed E-state index contributed by atoms with van der Waals surface area (Å²) in [5, 5.41) is 11.5. The van der Waals surface area contributed by atoms with Gasteiger partial charge in [0.05, 0.1) is 11.8 Å².